The fourth-order valence-corrected chi connectivity index (χ4v) is 1.41. The number of aliphatic carboxylic acids is 1. The Morgan fingerprint density at radius 2 is 2.50 bits per heavy atom. The first-order chi connectivity index (χ1) is 14.9. The molecule has 2 rings (SSSR count). The van der Waals surface area contributed by atoms with Gasteiger partial charge in [0.15, 0.2) is 1.41 Å². The minimum absolute atomic E-state index is 0.167. The lowest BCUT2D eigenvalue weighted by Gasteiger charge is -2.13. The maximum absolute atomic E-state index is 14.8. The molecule has 2 aromatic carbocycles. The smallest absolute Gasteiger partial charge is 0.307 e. The van der Waals surface area contributed by atoms with Crippen LogP contribution in [0.1, 0.15) is 26.2 Å². The van der Waals surface area contributed by atoms with Crippen molar-refractivity contribution in [2.75, 3.05) is 5.31 Å². The van der Waals surface area contributed by atoms with E-state index in [1.807, 2.05) is 0 Å². The molecule has 104 valence electrons. The van der Waals surface area contributed by atoms with Crippen molar-refractivity contribution in [2.24, 2.45) is 0 Å². The van der Waals surface area contributed by atoms with Gasteiger partial charge in [0.05, 0.1) is 25.3 Å². The second kappa shape index (κ2) is 5.92. The van der Waals surface area contributed by atoms with Crippen LogP contribution in [0.3, 0.4) is 0 Å². The van der Waals surface area contributed by atoms with Crippen molar-refractivity contribution in [3.63, 3.8) is 0 Å². The molecule has 2 N–H and O–H groups in total. The summed E-state index contributed by atoms with van der Waals surface area (Å²) in [6.07, 6.45) is -3.54. The third-order valence-corrected chi connectivity index (χ3v) is 2.28. The Morgan fingerprint density at radius 3 is 3.25 bits per heavy atom. The van der Waals surface area contributed by atoms with E-state index in [1.54, 1.807) is 0 Å². The van der Waals surface area contributed by atoms with Gasteiger partial charge in [0, 0.05) is 12.5 Å². The molecule has 0 fully saturated rings. The Labute approximate surface area is 139 Å². The number of carboxylic acids is 1. The van der Waals surface area contributed by atoms with Gasteiger partial charge in [-0.15, -0.1) is 0 Å². The largest absolute Gasteiger partial charge is 0.481 e. The van der Waals surface area contributed by atoms with Crippen LogP contribution in [0, 0.1) is 12.7 Å². The Bertz CT molecular complexity index is 1130. The number of carboxylic acid groups (broad SMARTS) is 1. The maximum Gasteiger partial charge on any atom is 0.307 e. The van der Waals surface area contributed by atoms with E-state index in [0.29, 0.717) is 0 Å². The van der Waals surface area contributed by atoms with Crippen molar-refractivity contribution in [3.05, 3.63) is 58.2 Å². The fraction of sp³-hybridized carbons (Fsp3) is 0.133. The minimum Gasteiger partial charge on any atom is -0.481 e. The van der Waals surface area contributed by atoms with Gasteiger partial charge < -0.3 is 10.4 Å². The van der Waals surface area contributed by atoms with E-state index in [2.05, 4.69) is 5.11 Å². The number of carbonyl (C=O) groups is 1. The molecule has 0 aromatic heterocycles. The molecule has 0 aliphatic heterocycles. The highest BCUT2D eigenvalue weighted by molar-refractivity contribution is 6.33. The molecule has 0 amide bonds. The summed E-state index contributed by atoms with van der Waals surface area (Å²) in [5, 5.41) is 2.51. The molecule has 0 aliphatic carbocycles. The summed E-state index contributed by atoms with van der Waals surface area (Å²) >= 11 is 5.86. The Morgan fingerprint density at radius 1 is 1.65 bits per heavy atom. The third-order valence-electron chi connectivity index (χ3n) is 2.00. The number of benzene rings is 2. The molecule has 0 spiro atoms. The van der Waals surface area contributed by atoms with Crippen LogP contribution >= 0.6 is 11.6 Å². The molecule has 0 saturated carbocycles. The van der Waals surface area contributed by atoms with E-state index in [0.717, 1.165) is 0 Å². The van der Waals surface area contributed by atoms with Crippen molar-refractivity contribution in [3.8, 4) is 0 Å². The number of halogens is 2. The molecule has 0 radical (unpaired) electrons. The summed E-state index contributed by atoms with van der Waals surface area (Å²) in [7, 11) is 0. The van der Waals surface area contributed by atoms with Gasteiger partial charge in [0.1, 0.15) is 5.82 Å². The fourth-order valence-electron chi connectivity index (χ4n) is 1.24. The monoisotopic (exact) mass is 306 g/mol. The van der Waals surface area contributed by atoms with Gasteiger partial charge >= 0.3 is 5.97 Å². The van der Waals surface area contributed by atoms with E-state index < -0.39 is 88.8 Å². The zero-order valence-corrected chi connectivity index (χ0v) is 10.3. The molecule has 0 heterocycles. The number of hydrogen-bond acceptors (Lipinski definition) is 3. The second-order valence-electron chi connectivity index (χ2n) is 3.35. The molecular weight excluding hydrogens is 281 g/mol. The average Bonchev–Trinajstić information content (AvgIpc) is 2.71. The molecule has 0 unspecified atom stereocenters. The average molecular weight is 307 g/mol. The quantitative estimate of drug-likeness (QED) is 0.892. The normalized spacial score (nSPS) is 20.8. The van der Waals surface area contributed by atoms with Crippen molar-refractivity contribution >= 4 is 28.9 Å². The van der Waals surface area contributed by atoms with Crippen LogP contribution in [0.4, 0.5) is 15.8 Å². The molecule has 0 bridgehead atoms. The van der Waals surface area contributed by atoms with Gasteiger partial charge in [-0.3, -0.25) is 4.79 Å². The molecule has 3 nitrogen and oxygen atoms in total. The highest BCUT2D eigenvalue weighted by atomic mass is 35.5. The zero-order chi connectivity index (χ0) is 25.8. The summed E-state index contributed by atoms with van der Waals surface area (Å²) in [5.74, 6) is -3.63. The first kappa shape index (κ1) is 5.04. The number of rotatable bonds is 4. The third kappa shape index (κ3) is 3.27. The number of nitrogens with one attached hydrogen (secondary N) is 1. The summed E-state index contributed by atoms with van der Waals surface area (Å²) < 4.78 is 115. The van der Waals surface area contributed by atoms with E-state index in [-0.39, 0.29) is 5.31 Å². The van der Waals surface area contributed by atoms with Gasteiger partial charge in [-0.25, -0.2) is 4.39 Å². The zero-order valence-electron chi connectivity index (χ0n) is 22.5. The Hall–Kier alpha value is -2.07. The van der Waals surface area contributed by atoms with E-state index >= 15 is 0 Å². The van der Waals surface area contributed by atoms with E-state index in [1.165, 1.54) is 0 Å². The standard InChI is InChI=1S/C15H13ClFNO2/c1-9-5-6-13(10(7-9)8-14(19)20)18-15-11(16)3-2-4-12(15)17/h2-7,18H,8H2,1H3,(H,19,20)/i1D3,2D,3D,4D,5D,6D,7D,8D2/hD2. The minimum atomic E-state index is -3.54. The number of hydrogen-bond donors (Lipinski definition) is 2. The molecular formula is C15H13ClFNO2. The first-order valence-electron chi connectivity index (χ1n) is 11.3. The SMILES string of the molecule is [2H]OC(=O)C([2H])([2H])c1c([2H])c(C([2H])([2H])[2H])c([2H])c([2H])c1N([2H])c1c(F)c([2H])c([2H])c([2H])c1Cl. The van der Waals surface area contributed by atoms with Crippen molar-refractivity contribution < 1.29 is 30.8 Å². The first-order valence-corrected chi connectivity index (χ1v) is 5.36. The van der Waals surface area contributed by atoms with Gasteiger partial charge in [-0.1, -0.05) is 35.3 Å². The highest BCUT2D eigenvalue weighted by Gasteiger charge is 2.11. The lowest BCUT2D eigenvalue weighted by atomic mass is 10.1. The molecule has 5 heteroatoms. The molecule has 20 heavy (non-hydrogen) atoms. The van der Waals surface area contributed by atoms with Crippen LogP contribution in [0.25, 0.3) is 1.43 Å². The molecule has 2 aromatic rings. The molecule has 0 aliphatic rings. The van der Waals surface area contributed by atoms with E-state index in [4.69, 9.17) is 29.5 Å². The van der Waals surface area contributed by atoms with Crippen molar-refractivity contribution in [1.29, 1.82) is 1.43 Å². The predicted molar refractivity (Wildman–Crippen MR) is 77.2 cm³/mol. The Balaban J connectivity index is 3.12. The summed E-state index contributed by atoms with van der Waals surface area (Å²) in [4.78, 5) is 12.0. The summed E-state index contributed by atoms with van der Waals surface area (Å²) in [6.45, 7) is -3.25. The van der Waals surface area contributed by atoms with E-state index in [9.17, 15) is 9.18 Å². The topological polar surface area (TPSA) is 49.3 Å². The van der Waals surface area contributed by atoms with Crippen LogP contribution in [0.15, 0.2) is 36.3 Å². The lowest BCUT2D eigenvalue weighted by Crippen LogP contribution is -2.05. The predicted octanol–water partition coefficient (Wildman–Crippen LogP) is 4.16. The van der Waals surface area contributed by atoms with Crippen LogP contribution in [0.5, 0.6) is 0 Å². The van der Waals surface area contributed by atoms with Gasteiger partial charge in [0.25, 0.3) is 1.43 Å². The van der Waals surface area contributed by atoms with Gasteiger partial charge in [-0.2, -0.15) is 0 Å². The van der Waals surface area contributed by atoms with Crippen molar-refractivity contribution in [1.82, 2.24) is 0 Å². The van der Waals surface area contributed by atoms with Crippen LogP contribution < -0.4 is 5.31 Å². The Kier molecular flexibility index (Phi) is 1.49. The lowest BCUT2D eigenvalue weighted by molar-refractivity contribution is -0.136. The summed E-state index contributed by atoms with van der Waals surface area (Å²) in [6, 6.07) is -6.76. The van der Waals surface area contributed by atoms with Crippen LogP contribution in [-0.4, -0.2) is 11.1 Å². The summed E-state index contributed by atoms with van der Waals surface area (Å²) in [5.41, 5.74) is -4.80. The highest BCUT2D eigenvalue weighted by Crippen LogP contribution is 2.30. The van der Waals surface area contributed by atoms with Gasteiger partial charge in [0.2, 0.25) is 0 Å². The molecule has 0 atom stereocenters. The maximum atomic E-state index is 14.8. The number of anilines is 2. The van der Waals surface area contributed by atoms with Crippen LogP contribution in [-0.2, 0) is 11.2 Å². The second-order valence-corrected chi connectivity index (χ2v) is 3.73. The van der Waals surface area contributed by atoms with Gasteiger partial charge in [-0.05, 0) is 30.5 Å². The number of para-hydroxylation sites is 1. The molecule has 0 saturated heterocycles. The van der Waals surface area contributed by atoms with Crippen LogP contribution in [0.2, 0.25) is 6.43 Å². The van der Waals surface area contributed by atoms with Crippen molar-refractivity contribution in [2.45, 2.75) is 13.2 Å².